The molecule has 0 spiro atoms. The number of benzene rings is 1. The highest BCUT2D eigenvalue weighted by Gasteiger charge is 2.18. The number of hydrogen-bond donors (Lipinski definition) is 0. The second-order valence-electron chi connectivity index (χ2n) is 6.81. The lowest BCUT2D eigenvalue weighted by atomic mass is 9.83. The summed E-state index contributed by atoms with van der Waals surface area (Å²) >= 11 is 0. The van der Waals surface area contributed by atoms with Crippen molar-refractivity contribution in [3.05, 3.63) is 28.8 Å². The molecule has 0 N–H and O–H groups in total. The normalized spacial score (nSPS) is 10.4. The average molecular weight is 385 g/mol. The number of aryl methyl sites for hydroxylation is 2. The van der Waals surface area contributed by atoms with Crippen molar-refractivity contribution in [1.82, 2.24) is 0 Å². The molecule has 0 atom stereocenters. The summed E-state index contributed by atoms with van der Waals surface area (Å²) < 4.78 is 10.7. The van der Waals surface area contributed by atoms with Gasteiger partial charge in [-0.2, -0.15) is 4.89 Å². The smallest absolute Gasteiger partial charge is 0.168 e. The zero-order valence-corrected chi connectivity index (χ0v) is 19.5. The third-order valence-corrected chi connectivity index (χ3v) is 3.51. The quantitative estimate of drug-likeness (QED) is 0.265. The molecule has 0 saturated carbocycles. The number of hydrogen-bond acceptors (Lipinski definition) is 4. The maximum absolute atomic E-state index is 5.46. The monoisotopic (exact) mass is 384 g/mol. The van der Waals surface area contributed by atoms with Crippen LogP contribution in [0.4, 0.5) is 0 Å². The number of ether oxygens (including phenoxy) is 2. The summed E-state index contributed by atoms with van der Waals surface area (Å²) in [4.78, 5) is 10.7. The molecule has 0 saturated heterocycles. The summed E-state index contributed by atoms with van der Waals surface area (Å²) in [5.74, 6) is 0.770. The van der Waals surface area contributed by atoms with Crippen molar-refractivity contribution in [2.45, 2.75) is 81.1 Å². The van der Waals surface area contributed by atoms with Gasteiger partial charge in [-0.3, -0.25) is 0 Å². The SMILES string of the molecule is CC.CC.CCCOCCOCCOOc1cc(C(C)(C)C)c(C)cc1C. The van der Waals surface area contributed by atoms with E-state index in [4.69, 9.17) is 19.2 Å². The van der Waals surface area contributed by atoms with Gasteiger partial charge in [0.05, 0.1) is 19.8 Å². The van der Waals surface area contributed by atoms with Crippen molar-refractivity contribution in [1.29, 1.82) is 0 Å². The molecule has 0 aliphatic rings. The van der Waals surface area contributed by atoms with Crippen LogP contribution in [0.1, 0.15) is 78.5 Å². The molecule has 27 heavy (non-hydrogen) atoms. The van der Waals surface area contributed by atoms with E-state index in [2.05, 4.69) is 46.8 Å². The van der Waals surface area contributed by atoms with Crippen LogP contribution in [0.3, 0.4) is 0 Å². The second-order valence-corrected chi connectivity index (χ2v) is 6.81. The molecule has 0 aliphatic carbocycles. The summed E-state index contributed by atoms with van der Waals surface area (Å²) in [7, 11) is 0. The molecule has 0 unspecified atom stereocenters. The minimum atomic E-state index is 0.0808. The standard InChI is InChI=1S/C19H32O4.2C2H6/c1-7-8-20-9-10-21-11-12-22-23-18-14-17(19(4,5)6)15(2)13-16(18)3;2*1-2/h13-14H,7-12H2,1-6H3;2*1-2H3. The molecule has 0 heterocycles. The van der Waals surface area contributed by atoms with Gasteiger partial charge in [0.1, 0.15) is 6.61 Å². The molecule has 4 nitrogen and oxygen atoms in total. The van der Waals surface area contributed by atoms with Crippen molar-refractivity contribution in [2.75, 3.05) is 33.0 Å². The van der Waals surface area contributed by atoms with Crippen LogP contribution in [-0.4, -0.2) is 33.0 Å². The molecule has 0 radical (unpaired) electrons. The van der Waals surface area contributed by atoms with E-state index in [0.717, 1.165) is 24.3 Å². The van der Waals surface area contributed by atoms with Crippen molar-refractivity contribution in [2.24, 2.45) is 0 Å². The first-order valence-corrected chi connectivity index (χ1v) is 10.4. The topological polar surface area (TPSA) is 36.9 Å². The van der Waals surface area contributed by atoms with Crippen molar-refractivity contribution in [3.8, 4) is 5.75 Å². The van der Waals surface area contributed by atoms with Gasteiger partial charge in [-0.25, -0.2) is 0 Å². The van der Waals surface area contributed by atoms with E-state index in [1.807, 2.05) is 34.6 Å². The van der Waals surface area contributed by atoms with E-state index in [-0.39, 0.29) is 5.41 Å². The van der Waals surface area contributed by atoms with Crippen LogP contribution in [0.25, 0.3) is 0 Å². The Kier molecular flexibility index (Phi) is 17.7. The Morgan fingerprint density at radius 2 is 1.26 bits per heavy atom. The van der Waals surface area contributed by atoms with Crippen LogP contribution in [-0.2, 0) is 19.8 Å². The zero-order chi connectivity index (χ0) is 21.3. The predicted molar refractivity (Wildman–Crippen MR) is 116 cm³/mol. The molecule has 0 bridgehead atoms. The fourth-order valence-corrected chi connectivity index (χ4v) is 2.39. The Morgan fingerprint density at radius 3 is 1.78 bits per heavy atom. The van der Waals surface area contributed by atoms with E-state index >= 15 is 0 Å². The molecule has 1 rings (SSSR count). The first kappa shape index (κ1) is 28.1. The van der Waals surface area contributed by atoms with Gasteiger partial charge in [-0.05, 0) is 48.4 Å². The first-order valence-electron chi connectivity index (χ1n) is 10.4. The summed E-state index contributed by atoms with van der Waals surface area (Å²) in [6, 6.07) is 4.21. The third-order valence-electron chi connectivity index (χ3n) is 3.51. The molecular formula is C23H44O4. The van der Waals surface area contributed by atoms with Gasteiger partial charge < -0.3 is 14.4 Å². The summed E-state index contributed by atoms with van der Waals surface area (Å²) in [5, 5.41) is 0. The molecule has 0 amide bonds. The maximum Gasteiger partial charge on any atom is 0.168 e. The molecular weight excluding hydrogens is 340 g/mol. The van der Waals surface area contributed by atoms with Gasteiger partial charge in [0.2, 0.25) is 0 Å². The van der Waals surface area contributed by atoms with E-state index in [0.29, 0.717) is 26.4 Å². The highest BCUT2D eigenvalue weighted by molar-refractivity contribution is 5.44. The van der Waals surface area contributed by atoms with Gasteiger partial charge in [0, 0.05) is 6.61 Å². The van der Waals surface area contributed by atoms with Crippen LogP contribution < -0.4 is 4.89 Å². The Morgan fingerprint density at radius 1 is 0.741 bits per heavy atom. The summed E-state index contributed by atoms with van der Waals surface area (Å²) in [6.45, 7) is 23.7. The Hall–Kier alpha value is -1.10. The van der Waals surface area contributed by atoms with Gasteiger partial charge in [-0.1, -0.05) is 61.5 Å². The van der Waals surface area contributed by atoms with Gasteiger partial charge in [-0.15, -0.1) is 0 Å². The van der Waals surface area contributed by atoms with Crippen LogP contribution in [0.15, 0.2) is 12.1 Å². The van der Waals surface area contributed by atoms with Crippen LogP contribution in [0, 0.1) is 13.8 Å². The molecule has 4 heteroatoms. The van der Waals surface area contributed by atoms with Crippen molar-refractivity contribution < 1.29 is 19.2 Å². The van der Waals surface area contributed by atoms with Crippen LogP contribution >= 0.6 is 0 Å². The Balaban J connectivity index is 0. The molecule has 1 aromatic rings. The van der Waals surface area contributed by atoms with Gasteiger partial charge >= 0.3 is 0 Å². The third kappa shape index (κ3) is 12.8. The Bertz CT molecular complexity index is 464. The van der Waals surface area contributed by atoms with Crippen molar-refractivity contribution in [3.63, 3.8) is 0 Å². The summed E-state index contributed by atoms with van der Waals surface area (Å²) in [6.07, 6.45) is 1.03. The van der Waals surface area contributed by atoms with Crippen molar-refractivity contribution >= 4 is 0 Å². The summed E-state index contributed by atoms with van der Waals surface area (Å²) in [5.41, 5.74) is 3.70. The number of rotatable bonds is 10. The minimum absolute atomic E-state index is 0.0808. The van der Waals surface area contributed by atoms with Gasteiger partial charge in [0.25, 0.3) is 0 Å². The highest BCUT2D eigenvalue weighted by atomic mass is 17.2. The van der Waals surface area contributed by atoms with Crippen LogP contribution in [0.2, 0.25) is 0 Å². The maximum atomic E-state index is 5.46. The largest absolute Gasteiger partial charge is 0.379 e. The molecule has 160 valence electrons. The average Bonchev–Trinajstić information content (AvgIpc) is 2.64. The van der Waals surface area contributed by atoms with E-state index in [1.165, 1.54) is 11.1 Å². The lowest BCUT2D eigenvalue weighted by Crippen LogP contribution is -2.14. The molecule has 0 fully saturated rings. The van der Waals surface area contributed by atoms with E-state index in [1.54, 1.807) is 0 Å². The Labute approximate surface area is 168 Å². The highest BCUT2D eigenvalue weighted by Crippen LogP contribution is 2.31. The van der Waals surface area contributed by atoms with E-state index in [9.17, 15) is 0 Å². The zero-order valence-electron chi connectivity index (χ0n) is 19.5. The fraction of sp³-hybridized carbons (Fsp3) is 0.739. The predicted octanol–water partition coefficient (Wildman–Crippen LogP) is 6.41. The lowest BCUT2D eigenvalue weighted by molar-refractivity contribution is -0.216. The van der Waals surface area contributed by atoms with E-state index < -0.39 is 0 Å². The van der Waals surface area contributed by atoms with Gasteiger partial charge in [0.15, 0.2) is 5.75 Å². The molecule has 0 aromatic heterocycles. The molecule has 1 aromatic carbocycles. The first-order chi connectivity index (χ1) is 12.9. The minimum Gasteiger partial charge on any atom is -0.379 e. The fourth-order valence-electron chi connectivity index (χ4n) is 2.39. The second kappa shape index (κ2) is 17.0. The molecule has 0 aliphatic heterocycles. The lowest BCUT2D eigenvalue weighted by Gasteiger charge is -2.23. The van der Waals surface area contributed by atoms with Crippen LogP contribution in [0.5, 0.6) is 5.75 Å².